The van der Waals surface area contributed by atoms with Crippen LogP contribution in [-0.2, 0) is 0 Å². The molecule has 3 nitrogen and oxygen atoms in total. The Bertz CT molecular complexity index is 247. The van der Waals surface area contributed by atoms with E-state index in [1.807, 2.05) is 4.90 Å². The fourth-order valence-electron chi connectivity index (χ4n) is 2.95. The molecule has 0 saturated carbocycles. The van der Waals surface area contributed by atoms with E-state index in [1.165, 1.54) is 0 Å². The second-order valence-corrected chi connectivity index (χ2v) is 5.83. The Morgan fingerprint density at radius 2 is 1.72 bits per heavy atom. The summed E-state index contributed by atoms with van der Waals surface area (Å²) in [5.41, 5.74) is 0. The van der Waals surface area contributed by atoms with E-state index in [2.05, 4.69) is 17.3 Å². The third kappa shape index (κ3) is 4.44. The molecule has 0 radical (unpaired) electrons. The van der Waals surface area contributed by atoms with Gasteiger partial charge in [0.25, 0.3) is 5.92 Å². The first kappa shape index (κ1) is 14.2. The van der Waals surface area contributed by atoms with E-state index in [0.717, 1.165) is 52.1 Å². The van der Waals surface area contributed by atoms with Crippen LogP contribution in [-0.4, -0.2) is 68.6 Å². The topological polar surface area (TPSA) is 18.5 Å². The molecular weight excluding hydrogens is 236 g/mol. The Hall–Kier alpha value is -0.260. The number of nitrogens with one attached hydrogen (secondary N) is 1. The molecule has 0 spiro atoms. The van der Waals surface area contributed by atoms with Gasteiger partial charge >= 0.3 is 0 Å². The molecule has 5 heteroatoms. The maximum Gasteiger partial charge on any atom is 0.260 e. The predicted molar refractivity (Wildman–Crippen MR) is 69.1 cm³/mol. The quantitative estimate of drug-likeness (QED) is 0.822. The molecule has 0 aromatic rings. The van der Waals surface area contributed by atoms with Gasteiger partial charge in [-0.3, -0.25) is 4.90 Å². The van der Waals surface area contributed by atoms with Crippen molar-refractivity contribution in [3.8, 4) is 0 Å². The lowest BCUT2D eigenvalue weighted by Crippen LogP contribution is -2.48. The third-order valence-corrected chi connectivity index (χ3v) is 4.09. The largest absolute Gasteiger partial charge is 0.314 e. The zero-order valence-corrected chi connectivity index (χ0v) is 11.3. The van der Waals surface area contributed by atoms with Crippen LogP contribution >= 0.6 is 0 Å². The minimum atomic E-state index is -2.52. The zero-order chi connectivity index (χ0) is 13.0. The van der Waals surface area contributed by atoms with Crippen molar-refractivity contribution in [2.75, 3.05) is 52.9 Å². The minimum absolute atomic E-state index is 0.0545. The van der Waals surface area contributed by atoms with E-state index in [4.69, 9.17) is 0 Å². The number of hydrogen-bond donors (Lipinski definition) is 1. The zero-order valence-electron chi connectivity index (χ0n) is 11.3. The Morgan fingerprint density at radius 3 is 2.33 bits per heavy atom. The Balaban J connectivity index is 1.75. The summed E-state index contributed by atoms with van der Waals surface area (Å²) in [5, 5.41) is 3.19. The summed E-state index contributed by atoms with van der Waals surface area (Å²) in [7, 11) is 2.06. The maximum atomic E-state index is 14.0. The van der Waals surface area contributed by atoms with Crippen LogP contribution in [0, 0.1) is 5.92 Å². The van der Waals surface area contributed by atoms with E-state index in [0.29, 0.717) is 0 Å². The fraction of sp³-hybridized carbons (Fsp3) is 1.00. The van der Waals surface area contributed by atoms with Crippen LogP contribution < -0.4 is 5.32 Å². The highest BCUT2D eigenvalue weighted by atomic mass is 19.3. The lowest BCUT2D eigenvalue weighted by atomic mass is 9.90. The molecule has 0 aromatic heterocycles. The van der Waals surface area contributed by atoms with E-state index in [1.54, 1.807) is 0 Å². The summed E-state index contributed by atoms with van der Waals surface area (Å²) >= 11 is 0. The molecule has 2 saturated heterocycles. The van der Waals surface area contributed by atoms with Gasteiger partial charge in [0.1, 0.15) is 0 Å². The SMILES string of the molecule is CN1CCC(CC(F)(F)CN2CCNCC2)CC1. The van der Waals surface area contributed by atoms with Gasteiger partial charge in [0.05, 0.1) is 6.54 Å². The Kier molecular flexibility index (Phi) is 4.92. The number of nitrogens with zero attached hydrogens (tertiary/aromatic N) is 2. The highest BCUT2D eigenvalue weighted by Crippen LogP contribution is 2.30. The van der Waals surface area contributed by atoms with Crippen LogP contribution in [0.25, 0.3) is 0 Å². The average Bonchev–Trinajstić information content (AvgIpc) is 2.32. The molecule has 0 atom stereocenters. The van der Waals surface area contributed by atoms with E-state index < -0.39 is 5.92 Å². The Labute approximate surface area is 109 Å². The molecule has 2 aliphatic heterocycles. The van der Waals surface area contributed by atoms with Gasteiger partial charge in [-0.2, -0.15) is 0 Å². The summed E-state index contributed by atoms with van der Waals surface area (Å²) in [6.45, 7) is 5.06. The van der Waals surface area contributed by atoms with Gasteiger partial charge in [0, 0.05) is 32.6 Å². The number of rotatable bonds is 4. The maximum absolute atomic E-state index is 14.0. The molecule has 106 valence electrons. The van der Waals surface area contributed by atoms with Gasteiger partial charge in [-0.1, -0.05) is 0 Å². The number of halogens is 2. The van der Waals surface area contributed by atoms with Crippen molar-refractivity contribution < 1.29 is 8.78 Å². The summed E-state index contributed by atoms with van der Waals surface area (Å²) < 4.78 is 28.0. The van der Waals surface area contributed by atoms with Crippen LogP contribution in [0.5, 0.6) is 0 Å². The van der Waals surface area contributed by atoms with Crippen molar-refractivity contribution in [2.24, 2.45) is 5.92 Å². The second kappa shape index (κ2) is 6.26. The van der Waals surface area contributed by atoms with Crippen molar-refractivity contribution in [3.63, 3.8) is 0 Å². The Morgan fingerprint density at radius 1 is 1.11 bits per heavy atom. The molecule has 18 heavy (non-hydrogen) atoms. The molecule has 0 amide bonds. The monoisotopic (exact) mass is 261 g/mol. The number of piperidine rings is 1. The summed E-state index contributed by atoms with van der Waals surface area (Å²) in [4.78, 5) is 4.12. The average molecular weight is 261 g/mol. The smallest absolute Gasteiger partial charge is 0.260 e. The standard InChI is InChI=1S/C13H25F2N3/c1-17-6-2-12(3-7-17)10-13(14,15)11-18-8-4-16-5-9-18/h12,16H,2-11H2,1H3. The van der Waals surface area contributed by atoms with Crippen LogP contribution in [0.1, 0.15) is 19.3 Å². The number of likely N-dealkylation sites (tertiary alicyclic amines) is 1. The van der Waals surface area contributed by atoms with Gasteiger partial charge in [-0.05, 0) is 38.9 Å². The highest BCUT2D eigenvalue weighted by Gasteiger charge is 2.35. The van der Waals surface area contributed by atoms with Crippen LogP contribution in [0.4, 0.5) is 8.78 Å². The van der Waals surface area contributed by atoms with Crippen molar-refractivity contribution in [1.29, 1.82) is 0 Å². The summed E-state index contributed by atoms with van der Waals surface area (Å²) in [5.74, 6) is -2.31. The van der Waals surface area contributed by atoms with Crippen molar-refractivity contribution in [2.45, 2.75) is 25.2 Å². The number of piperazine rings is 1. The molecule has 0 aromatic carbocycles. The minimum Gasteiger partial charge on any atom is -0.314 e. The van der Waals surface area contributed by atoms with Gasteiger partial charge in [0.2, 0.25) is 0 Å². The molecule has 0 unspecified atom stereocenters. The molecule has 0 aliphatic carbocycles. The first-order chi connectivity index (χ1) is 8.55. The van der Waals surface area contributed by atoms with E-state index in [-0.39, 0.29) is 18.9 Å². The third-order valence-electron chi connectivity index (χ3n) is 4.09. The summed E-state index contributed by atoms with van der Waals surface area (Å²) in [6.07, 6.45) is 1.92. The second-order valence-electron chi connectivity index (χ2n) is 5.83. The molecule has 2 fully saturated rings. The van der Waals surface area contributed by atoms with Gasteiger partial charge in [-0.25, -0.2) is 8.78 Å². The first-order valence-corrected chi connectivity index (χ1v) is 7.05. The van der Waals surface area contributed by atoms with Crippen LogP contribution in [0.3, 0.4) is 0 Å². The lowest BCUT2D eigenvalue weighted by Gasteiger charge is -2.34. The molecule has 2 rings (SSSR count). The van der Waals surface area contributed by atoms with Gasteiger partial charge < -0.3 is 10.2 Å². The van der Waals surface area contributed by atoms with Crippen LogP contribution in [0.2, 0.25) is 0 Å². The fourth-order valence-corrected chi connectivity index (χ4v) is 2.95. The van der Waals surface area contributed by atoms with Crippen LogP contribution in [0.15, 0.2) is 0 Å². The van der Waals surface area contributed by atoms with Gasteiger partial charge in [-0.15, -0.1) is 0 Å². The van der Waals surface area contributed by atoms with Crippen molar-refractivity contribution >= 4 is 0 Å². The van der Waals surface area contributed by atoms with Crippen molar-refractivity contribution in [3.05, 3.63) is 0 Å². The predicted octanol–water partition coefficient (Wildman–Crippen LogP) is 1.26. The number of hydrogen-bond acceptors (Lipinski definition) is 3. The van der Waals surface area contributed by atoms with Crippen molar-refractivity contribution in [1.82, 2.24) is 15.1 Å². The van der Waals surface area contributed by atoms with Gasteiger partial charge in [0.15, 0.2) is 0 Å². The molecular formula is C13H25F2N3. The normalized spacial score (nSPS) is 25.5. The highest BCUT2D eigenvalue weighted by molar-refractivity contribution is 4.81. The van der Waals surface area contributed by atoms with E-state index >= 15 is 0 Å². The molecule has 1 N–H and O–H groups in total. The summed E-state index contributed by atoms with van der Waals surface area (Å²) in [6, 6.07) is 0. The molecule has 2 heterocycles. The number of alkyl halides is 2. The molecule has 0 bridgehead atoms. The van der Waals surface area contributed by atoms with E-state index in [9.17, 15) is 8.78 Å². The lowest BCUT2D eigenvalue weighted by molar-refractivity contribution is -0.0584. The molecule has 2 aliphatic rings. The first-order valence-electron chi connectivity index (χ1n) is 7.05.